The highest BCUT2D eigenvalue weighted by molar-refractivity contribution is 6.19. The standard InChI is InChI=1S/C21H20O5/c1-21(2)16-8-7-13(25-11-12(23)10-22)9-15(16)19(24)18-14-5-3-4-6-17(14)26-20(18)21/h3-9,12,22-23H,10-11H2,1-2H3/t12-/m1/s1. The Balaban J connectivity index is 1.82. The fourth-order valence-electron chi connectivity index (χ4n) is 3.56. The Morgan fingerprint density at radius 2 is 1.96 bits per heavy atom. The largest absolute Gasteiger partial charge is 0.491 e. The molecule has 5 nitrogen and oxygen atoms in total. The minimum atomic E-state index is -0.956. The molecule has 0 radical (unpaired) electrons. The third-order valence-electron chi connectivity index (χ3n) is 4.95. The summed E-state index contributed by atoms with van der Waals surface area (Å²) in [6, 6.07) is 12.9. The Morgan fingerprint density at radius 1 is 1.19 bits per heavy atom. The molecule has 0 spiro atoms. The second-order valence-electron chi connectivity index (χ2n) is 7.11. The SMILES string of the molecule is CC1(C)c2ccc(OC[C@H](O)CO)cc2C(=O)c2c1oc1ccccc21. The molecule has 1 heterocycles. The lowest BCUT2D eigenvalue weighted by Gasteiger charge is -2.30. The number of carbonyl (C=O) groups excluding carboxylic acids is 1. The number of carbonyl (C=O) groups is 1. The average molecular weight is 352 g/mol. The molecule has 2 N–H and O–H groups in total. The van der Waals surface area contributed by atoms with Gasteiger partial charge in [-0.15, -0.1) is 0 Å². The van der Waals surface area contributed by atoms with Crippen molar-refractivity contribution in [3.63, 3.8) is 0 Å². The van der Waals surface area contributed by atoms with E-state index in [9.17, 15) is 9.90 Å². The summed E-state index contributed by atoms with van der Waals surface area (Å²) in [5, 5.41) is 19.2. The van der Waals surface area contributed by atoms with Crippen LogP contribution in [0.5, 0.6) is 5.75 Å². The van der Waals surface area contributed by atoms with Crippen molar-refractivity contribution in [1.82, 2.24) is 0 Å². The smallest absolute Gasteiger partial charge is 0.197 e. The highest BCUT2D eigenvalue weighted by atomic mass is 16.5. The summed E-state index contributed by atoms with van der Waals surface area (Å²) >= 11 is 0. The van der Waals surface area contributed by atoms with Crippen LogP contribution in [0.1, 0.15) is 41.1 Å². The van der Waals surface area contributed by atoms with Gasteiger partial charge >= 0.3 is 0 Å². The zero-order valence-corrected chi connectivity index (χ0v) is 14.7. The number of rotatable bonds is 4. The number of para-hydroxylation sites is 1. The van der Waals surface area contributed by atoms with Crippen LogP contribution in [0.2, 0.25) is 0 Å². The van der Waals surface area contributed by atoms with Gasteiger partial charge in [0.2, 0.25) is 0 Å². The summed E-state index contributed by atoms with van der Waals surface area (Å²) in [5.74, 6) is 1.07. The van der Waals surface area contributed by atoms with Gasteiger partial charge in [-0.2, -0.15) is 0 Å². The Hall–Kier alpha value is -2.63. The molecule has 1 aromatic heterocycles. The van der Waals surface area contributed by atoms with E-state index < -0.39 is 11.5 Å². The van der Waals surface area contributed by atoms with Gasteiger partial charge in [0, 0.05) is 16.4 Å². The van der Waals surface area contributed by atoms with E-state index in [-0.39, 0.29) is 19.0 Å². The first-order valence-corrected chi connectivity index (χ1v) is 8.56. The van der Waals surface area contributed by atoms with Crippen LogP contribution in [-0.4, -0.2) is 35.3 Å². The van der Waals surface area contributed by atoms with Crippen molar-refractivity contribution in [2.75, 3.05) is 13.2 Å². The molecule has 0 aliphatic heterocycles. The van der Waals surface area contributed by atoms with Gasteiger partial charge in [-0.05, 0) is 37.6 Å². The fourth-order valence-corrected chi connectivity index (χ4v) is 3.56. The lowest BCUT2D eigenvalue weighted by Crippen LogP contribution is -2.29. The number of hydrogen-bond acceptors (Lipinski definition) is 5. The van der Waals surface area contributed by atoms with Gasteiger partial charge in [-0.25, -0.2) is 0 Å². The van der Waals surface area contributed by atoms with Gasteiger partial charge in [-0.1, -0.05) is 24.3 Å². The molecule has 2 aromatic carbocycles. The van der Waals surface area contributed by atoms with Crippen molar-refractivity contribution in [3.05, 3.63) is 64.9 Å². The highest BCUT2D eigenvalue weighted by Gasteiger charge is 2.41. The Bertz CT molecular complexity index is 999. The lowest BCUT2D eigenvalue weighted by atomic mass is 9.72. The molecule has 0 bridgehead atoms. The van der Waals surface area contributed by atoms with E-state index >= 15 is 0 Å². The molecule has 0 saturated carbocycles. The van der Waals surface area contributed by atoms with Gasteiger partial charge in [0.1, 0.15) is 29.8 Å². The molecule has 134 valence electrons. The van der Waals surface area contributed by atoms with Crippen molar-refractivity contribution in [1.29, 1.82) is 0 Å². The monoisotopic (exact) mass is 352 g/mol. The van der Waals surface area contributed by atoms with E-state index in [1.165, 1.54) is 0 Å². The van der Waals surface area contributed by atoms with Gasteiger partial charge in [-0.3, -0.25) is 4.79 Å². The number of furan rings is 1. The number of ether oxygens (including phenoxy) is 1. The molecule has 4 rings (SSSR count). The molecular formula is C21H20O5. The molecule has 1 atom stereocenters. The van der Waals surface area contributed by atoms with E-state index in [0.29, 0.717) is 28.2 Å². The molecule has 26 heavy (non-hydrogen) atoms. The van der Waals surface area contributed by atoms with Crippen LogP contribution in [0.25, 0.3) is 11.0 Å². The summed E-state index contributed by atoms with van der Waals surface area (Å²) in [6.45, 7) is 3.67. The van der Waals surface area contributed by atoms with E-state index in [1.54, 1.807) is 12.1 Å². The topological polar surface area (TPSA) is 79.9 Å². The molecule has 0 amide bonds. The van der Waals surface area contributed by atoms with E-state index in [2.05, 4.69) is 0 Å². The predicted molar refractivity (Wildman–Crippen MR) is 96.8 cm³/mol. The summed E-state index contributed by atoms with van der Waals surface area (Å²) in [6.07, 6.45) is -0.956. The third kappa shape index (κ3) is 2.43. The minimum Gasteiger partial charge on any atom is -0.491 e. The summed E-state index contributed by atoms with van der Waals surface area (Å²) in [5.41, 5.74) is 2.30. The quantitative estimate of drug-likeness (QED) is 0.754. The second-order valence-corrected chi connectivity index (χ2v) is 7.11. The van der Waals surface area contributed by atoms with Crippen LogP contribution in [0.15, 0.2) is 46.9 Å². The number of ketones is 1. The molecule has 0 fully saturated rings. The average Bonchev–Trinajstić information content (AvgIpc) is 3.05. The van der Waals surface area contributed by atoms with E-state index in [1.807, 2.05) is 44.2 Å². The minimum absolute atomic E-state index is 0.0350. The Morgan fingerprint density at radius 3 is 2.73 bits per heavy atom. The van der Waals surface area contributed by atoms with Gasteiger partial charge in [0.25, 0.3) is 0 Å². The Kier molecular flexibility index (Phi) is 3.86. The first-order valence-electron chi connectivity index (χ1n) is 8.56. The summed E-state index contributed by atoms with van der Waals surface area (Å²) in [4.78, 5) is 13.2. The maximum atomic E-state index is 13.2. The molecule has 5 heteroatoms. The molecule has 1 aliphatic rings. The van der Waals surface area contributed by atoms with Crippen LogP contribution >= 0.6 is 0 Å². The molecular weight excluding hydrogens is 332 g/mol. The second kappa shape index (κ2) is 5.97. The number of hydrogen-bond donors (Lipinski definition) is 2. The Labute approximate surface area is 150 Å². The lowest BCUT2D eigenvalue weighted by molar-refractivity contribution is 0.0535. The number of benzene rings is 2. The van der Waals surface area contributed by atoms with Gasteiger partial charge in [0.05, 0.1) is 12.2 Å². The van der Waals surface area contributed by atoms with Crippen LogP contribution < -0.4 is 4.74 Å². The van der Waals surface area contributed by atoms with Crippen LogP contribution in [-0.2, 0) is 5.41 Å². The van der Waals surface area contributed by atoms with Crippen LogP contribution in [0.3, 0.4) is 0 Å². The zero-order valence-electron chi connectivity index (χ0n) is 14.7. The van der Waals surface area contributed by atoms with E-state index in [0.717, 1.165) is 10.9 Å². The zero-order chi connectivity index (χ0) is 18.5. The number of aliphatic hydroxyl groups is 2. The fraction of sp³-hybridized carbons (Fsp3) is 0.286. The van der Waals surface area contributed by atoms with Crippen molar-refractivity contribution < 1.29 is 24.2 Å². The van der Waals surface area contributed by atoms with Crippen molar-refractivity contribution in [3.8, 4) is 5.75 Å². The predicted octanol–water partition coefficient (Wildman–Crippen LogP) is 3.04. The number of fused-ring (bicyclic) bond motifs is 4. The maximum absolute atomic E-state index is 13.2. The van der Waals surface area contributed by atoms with Crippen molar-refractivity contribution in [2.24, 2.45) is 0 Å². The molecule has 1 aliphatic carbocycles. The highest BCUT2D eigenvalue weighted by Crippen LogP contribution is 2.45. The third-order valence-corrected chi connectivity index (χ3v) is 4.95. The van der Waals surface area contributed by atoms with Gasteiger partial charge in [0.15, 0.2) is 5.78 Å². The first-order chi connectivity index (χ1) is 12.4. The summed E-state index contributed by atoms with van der Waals surface area (Å²) < 4.78 is 11.6. The first kappa shape index (κ1) is 16.8. The van der Waals surface area contributed by atoms with Crippen molar-refractivity contribution in [2.45, 2.75) is 25.4 Å². The molecule has 3 aromatic rings. The van der Waals surface area contributed by atoms with Gasteiger partial charge < -0.3 is 19.4 Å². The molecule has 0 unspecified atom stereocenters. The van der Waals surface area contributed by atoms with E-state index in [4.69, 9.17) is 14.3 Å². The van der Waals surface area contributed by atoms with Crippen molar-refractivity contribution >= 4 is 16.8 Å². The van der Waals surface area contributed by atoms with Crippen LogP contribution in [0.4, 0.5) is 0 Å². The van der Waals surface area contributed by atoms with Crippen LogP contribution in [0, 0.1) is 0 Å². The normalized spacial score (nSPS) is 16.2. The number of aliphatic hydroxyl groups excluding tert-OH is 2. The summed E-state index contributed by atoms with van der Waals surface area (Å²) in [7, 11) is 0. The maximum Gasteiger partial charge on any atom is 0.197 e. The molecule has 0 saturated heterocycles.